The number of para-hydroxylation sites is 1. The van der Waals surface area contributed by atoms with Gasteiger partial charge in [-0.1, -0.05) is 18.2 Å². The Morgan fingerprint density at radius 2 is 2.25 bits per heavy atom. The Morgan fingerprint density at radius 3 is 3.00 bits per heavy atom. The molecular weight excluding hydrogens is 274 g/mol. The number of rotatable bonds is 8. The lowest BCUT2D eigenvalue weighted by atomic mass is 10.2. The number of ether oxygens (including phenoxy) is 2. The van der Waals surface area contributed by atoms with E-state index in [1.807, 2.05) is 30.3 Å². The van der Waals surface area contributed by atoms with E-state index in [2.05, 4.69) is 5.32 Å². The second kappa shape index (κ2) is 8.87. The van der Waals surface area contributed by atoms with Gasteiger partial charge in [0.15, 0.2) is 0 Å². The molecule has 1 amide bonds. The van der Waals surface area contributed by atoms with Crippen LogP contribution < -0.4 is 10.1 Å². The highest BCUT2D eigenvalue weighted by atomic mass is 32.2. The number of hydrogen-bond donors (Lipinski definition) is 1. The van der Waals surface area contributed by atoms with Gasteiger partial charge >= 0.3 is 0 Å². The Labute approximate surface area is 124 Å². The first-order valence-corrected chi connectivity index (χ1v) is 8.14. The third-order valence-corrected chi connectivity index (χ3v) is 3.95. The number of nitrogens with one attached hydrogen (secondary N) is 1. The summed E-state index contributed by atoms with van der Waals surface area (Å²) in [5.74, 6) is 2.23. The molecule has 110 valence electrons. The van der Waals surface area contributed by atoms with Crippen LogP contribution in [0.5, 0.6) is 5.75 Å². The van der Waals surface area contributed by atoms with E-state index in [-0.39, 0.29) is 12.0 Å². The first kappa shape index (κ1) is 15.2. The third kappa shape index (κ3) is 5.84. The van der Waals surface area contributed by atoms with Gasteiger partial charge in [0, 0.05) is 18.9 Å². The van der Waals surface area contributed by atoms with E-state index in [0.29, 0.717) is 18.9 Å². The molecule has 0 saturated carbocycles. The van der Waals surface area contributed by atoms with Crippen molar-refractivity contribution in [3.8, 4) is 5.75 Å². The molecule has 1 fully saturated rings. The quantitative estimate of drug-likeness (QED) is 0.746. The number of amides is 1. The molecule has 0 bridgehead atoms. The van der Waals surface area contributed by atoms with E-state index >= 15 is 0 Å². The minimum atomic E-state index is 0.0743. The van der Waals surface area contributed by atoms with E-state index < -0.39 is 0 Å². The number of carbonyl (C=O) groups is 1. The van der Waals surface area contributed by atoms with Crippen molar-refractivity contribution in [2.24, 2.45) is 0 Å². The molecule has 0 spiro atoms. The van der Waals surface area contributed by atoms with Gasteiger partial charge in [0.05, 0.1) is 18.5 Å². The van der Waals surface area contributed by atoms with Gasteiger partial charge < -0.3 is 14.8 Å². The number of benzene rings is 1. The topological polar surface area (TPSA) is 47.6 Å². The predicted molar refractivity (Wildman–Crippen MR) is 81.2 cm³/mol. The molecule has 0 aliphatic carbocycles. The highest BCUT2D eigenvalue weighted by Crippen LogP contribution is 2.11. The van der Waals surface area contributed by atoms with E-state index in [1.165, 1.54) is 0 Å². The van der Waals surface area contributed by atoms with Crippen LogP contribution in [0, 0.1) is 0 Å². The van der Waals surface area contributed by atoms with Gasteiger partial charge in [0.25, 0.3) is 0 Å². The summed E-state index contributed by atoms with van der Waals surface area (Å²) in [5.41, 5.74) is 0. The maximum atomic E-state index is 11.6. The van der Waals surface area contributed by atoms with Crippen molar-refractivity contribution in [2.75, 3.05) is 31.3 Å². The zero-order chi connectivity index (χ0) is 14.0. The lowest BCUT2D eigenvalue weighted by Crippen LogP contribution is -2.33. The summed E-state index contributed by atoms with van der Waals surface area (Å²) >= 11 is 1.59. The molecule has 1 aliphatic heterocycles. The van der Waals surface area contributed by atoms with Crippen molar-refractivity contribution in [3.05, 3.63) is 30.3 Å². The largest absolute Gasteiger partial charge is 0.493 e. The van der Waals surface area contributed by atoms with Crippen molar-refractivity contribution in [1.82, 2.24) is 5.32 Å². The summed E-state index contributed by atoms with van der Waals surface area (Å²) in [4.78, 5) is 11.6. The summed E-state index contributed by atoms with van der Waals surface area (Å²) in [6.07, 6.45) is 2.37. The molecule has 4 nitrogen and oxygen atoms in total. The van der Waals surface area contributed by atoms with Crippen molar-refractivity contribution >= 4 is 17.7 Å². The van der Waals surface area contributed by atoms with Gasteiger partial charge in [-0.15, -0.1) is 11.8 Å². The average Bonchev–Trinajstić information content (AvgIpc) is 2.99. The highest BCUT2D eigenvalue weighted by Gasteiger charge is 2.15. The van der Waals surface area contributed by atoms with Gasteiger partial charge in [0.2, 0.25) is 5.91 Å². The van der Waals surface area contributed by atoms with E-state index in [4.69, 9.17) is 9.47 Å². The lowest BCUT2D eigenvalue weighted by molar-refractivity contribution is -0.119. The second-order valence-electron chi connectivity index (χ2n) is 4.65. The summed E-state index contributed by atoms with van der Waals surface area (Å²) in [6.45, 7) is 2.08. The SMILES string of the molecule is O=C(CSCCOc1ccccc1)NCC1CCCO1. The van der Waals surface area contributed by atoms with Crippen molar-refractivity contribution in [2.45, 2.75) is 18.9 Å². The van der Waals surface area contributed by atoms with Gasteiger partial charge in [-0.2, -0.15) is 0 Å². The Bertz CT molecular complexity index is 393. The van der Waals surface area contributed by atoms with Crippen LogP contribution in [-0.4, -0.2) is 43.3 Å². The molecule has 1 aliphatic rings. The van der Waals surface area contributed by atoms with Gasteiger partial charge in [-0.05, 0) is 25.0 Å². The average molecular weight is 295 g/mol. The fraction of sp³-hybridized carbons (Fsp3) is 0.533. The summed E-state index contributed by atoms with van der Waals surface area (Å²) < 4.78 is 11.0. The molecular formula is C15H21NO3S. The first-order chi connectivity index (χ1) is 9.84. The Hall–Kier alpha value is -1.20. The molecule has 0 aromatic heterocycles. The van der Waals surface area contributed by atoms with Crippen molar-refractivity contribution in [3.63, 3.8) is 0 Å². The van der Waals surface area contributed by atoms with Gasteiger partial charge in [-0.25, -0.2) is 0 Å². The summed E-state index contributed by atoms with van der Waals surface area (Å²) in [7, 11) is 0. The van der Waals surface area contributed by atoms with Crippen molar-refractivity contribution in [1.29, 1.82) is 0 Å². The molecule has 1 N–H and O–H groups in total. The van der Waals surface area contributed by atoms with Crippen LogP contribution in [0.1, 0.15) is 12.8 Å². The van der Waals surface area contributed by atoms with Gasteiger partial charge in [0.1, 0.15) is 5.75 Å². The van der Waals surface area contributed by atoms with Crippen LogP contribution in [-0.2, 0) is 9.53 Å². The van der Waals surface area contributed by atoms with Crippen LogP contribution in [0.15, 0.2) is 30.3 Å². The monoisotopic (exact) mass is 295 g/mol. The Morgan fingerprint density at radius 1 is 1.40 bits per heavy atom. The fourth-order valence-corrected chi connectivity index (χ4v) is 2.62. The number of hydrogen-bond acceptors (Lipinski definition) is 4. The molecule has 1 unspecified atom stereocenters. The molecule has 20 heavy (non-hydrogen) atoms. The minimum absolute atomic E-state index is 0.0743. The third-order valence-electron chi connectivity index (χ3n) is 3.02. The standard InChI is InChI=1S/C15H21NO3S/c17-15(16-11-14-7-4-8-18-14)12-20-10-9-19-13-5-2-1-3-6-13/h1-3,5-6,14H,4,7-12H2,(H,16,17). The molecule has 1 saturated heterocycles. The number of carbonyl (C=O) groups excluding carboxylic acids is 1. The molecule has 5 heteroatoms. The normalized spacial score (nSPS) is 17.9. The van der Waals surface area contributed by atoms with Crippen molar-refractivity contribution < 1.29 is 14.3 Å². The van der Waals surface area contributed by atoms with Crippen LogP contribution in [0.2, 0.25) is 0 Å². The van der Waals surface area contributed by atoms with Crippen LogP contribution in [0.3, 0.4) is 0 Å². The Kier molecular flexibility index (Phi) is 6.74. The summed E-state index contributed by atoms with van der Waals surface area (Å²) in [5, 5.41) is 2.91. The van der Waals surface area contributed by atoms with E-state index in [0.717, 1.165) is 31.0 Å². The van der Waals surface area contributed by atoms with Crippen LogP contribution in [0.4, 0.5) is 0 Å². The van der Waals surface area contributed by atoms with E-state index in [1.54, 1.807) is 11.8 Å². The molecule has 2 rings (SSSR count). The molecule has 1 aromatic carbocycles. The Balaban J connectivity index is 1.47. The molecule has 0 radical (unpaired) electrons. The molecule has 1 aromatic rings. The van der Waals surface area contributed by atoms with Crippen LogP contribution in [0.25, 0.3) is 0 Å². The fourth-order valence-electron chi connectivity index (χ4n) is 1.98. The maximum absolute atomic E-state index is 11.6. The maximum Gasteiger partial charge on any atom is 0.230 e. The van der Waals surface area contributed by atoms with E-state index in [9.17, 15) is 4.79 Å². The number of thioether (sulfide) groups is 1. The second-order valence-corrected chi connectivity index (χ2v) is 5.76. The zero-order valence-corrected chi connectivity index (χ0v) is 12.4. The highest BCUT2D eigenvalue weighted by molar-refractivity contribution is 7.99. The van der Waals surface area contributed by atoms with Crippen LogP contribution >= 0.6 is 11.8 Å². The van der Waals surface area contributed by atoms with Gasteiger partial charge in [-0.3, -0.25) is 4.79 Å². The lowest BCUT2D eigenvalue weighted by Gasteiger charge is -2.10. The first-order valence-electron chi connectivity index (χ1n) is 6.98. The zero-order valence-electron chi connectivity index (χ0n) is 11.5. The molecule has 1 heterocycles. The summed E-state index contributed by atoms with van der Waals surface area (Å²) in [6, 6.07) is 9.71. The molecule has 1 atom stereocenters. The smallest absolute Gasteiger partial charge is 0.230 e. The minimum Gasteiger partial charge on any atom is -0.493 e. The predicted octanol–water partition coefficient (Wildman–Crippen LogP) is 2.09.